The molecule has 0 fully saturated rings. The highest BCUT2D eigenvalue weighted by molar-refractivity contribution is 7.10. The number of nitrogens with zero attached hydrogens (tertiary/aromatic N) is 1. The molecule has 20 heavy (non-hydrogen) atoms. The van der Waals surface area contributed by atoms with Crippen LogP contribution in [0.2, 0.25) is 0 Å². The first-order chi connectivity index (χ1) is 9.45. The number of carbonyl (C=O) groups excluding carboxylic acids is 1. The summed E-state index contributed by atoms with van der Waals surface area (Å²) in [6.07, 6.45) is 1.84. The van der Waals surface area contributed by atoms with Gasteiger partial charge in [-0.1, -0.05) is 26.3 Å². The molecule has 0 aromatic carbocycles. The van der Waals surface area contributed by atoms with E-state index >= 15 is 0 Å². The number of urea groups is 1. The van der Waals surface area contributed by atoms with Crippen LogP contribution >= 0.6 is 11.3 Å². The molecule has 112 valence electrons. The molecule has 1 rings (SSSR count). The van der Waals surface area contributed by atoms with E-state index in [1.807, 2.05) is 17.5 Å². The average Bonchev–Trinajstić information content (AvgIpc) is 2.91. The van der Waals surface area contributed by atoms with Crippen molar-refractivity contribution in [2.45, 2.75) is 32.7 Å². The standard InChI is InChI=1S/C14H22N2O3S/c1-4-6-11(12-7-5-8-20-12)15-14(19)16(3)9-10(2)13(17)18/h5,7-8,10-11H,4,6,9H2,1-3H3,(H,15,19)(H,17,18). The maximum absolute atomic E-state index is 12.1. The average molecular weight is 298 g/mol. The zero-order valence-electron chi connectivity index (χ0n) is 12.1. The topological polar surface area (TPSA) is 69.6 Å². The van der Waals surface area contributed by atoms with Gasteiger partial charge in [-0.3, -0.25) is 4.79 Å². The van der Waals surface area contributed by atoms with Gasteiger partial charge in [-0.25, -0.2) is 4.79 Å². The Morgan fingerprint density at radius 2 is 2.20 bits per heavy atom. The summed E-state index contributed by atoms with van der Waals surface area (Å²) in [7, 11) is 1.62. The molecule has 2 atom stereocenters. The van der Waals surface area contributed by atoms with Crippen LogP contribution < -0.4 is 5.32 Å². The molecule has 5 nitrogen and oxygen atoms in total. The highest BCUT2D eigenvalue weighted by Gasteiger charge is 2.20. The lowest BCUT2D eigenvalue weighted by molar-refractivity contribution is -0.141. The number of carboxylic acids is 1. The summed E-state index contributed by atoms with van der Waals surface area (Å²) in [4.78, 5) is 25.5. The summed E-state index contributed by atoms with van der Waals surface area (Å²) in [6.45, 7) is 3.86. The first-order valence-electron chi connectivity index (χ1n) is 6.73. The number of rotatable bonds is 7. The van der Waals surface area contributed by atoms with Crippen molar-refractivity contribution >= 4 is 23.3 Å². The number of thiophene rings is 1. The maximum Gasteiger partial charge on any atom is 0.317 e. The predicted octanol–water partition coefficient (Wildman–Crippen LogP) is 2.95. The van der Waals surface area contributed by atoms with Crippen LogP contribution in [0, 0.1) is 5.92 Å². The van der Waals surface area contributed by atoms with Crippen molar-refractivity contribution in [2.75, 3.05) is 13.6 Å². The molecule has 2 unspecified atom stereocenters. The van der Waals surface area contributed by atoms with Gasteiger partial charge < -0.3 is 15.3 Å². The Balaban J connectivity index is 2.59. The Labute approximate surface area is 123 Å². The Kier molecular flexibility index (Phi) is 6.51. The number of amides is 2. The van der Waals surface area contributed by atoms with E-state index in [1.54, 1.807) is 25.3 Å². The molecule has 0 saturated carbocycles. The molecule has 0 aliphatic heterocycles. The van der Waals surface area contributed by atoms with E-state index in [1.165, 1.54) is 4.90 Å². The second kappa shape index (κ2) is 7.89. The molecule has 0 aliphatic carbocycles. The minimum Gasteiger partial charge on any atom is -0.481 e. The lowest BCUT2D eigenvalue weighted by Gasteiger charge is -2.24. The molecule has 0 aliphatic rings. The maximum atomic E-state index is 12.1. The summed E-state index contributed by atoms with van der Waals surface area (Å²) in [6, 6.07) is 3.73. The molecule has 0 spiro atoms. The Hall–Kier alpha value is -1.56. The number of nitrogens with one attached hydrogen (secondary N) is 1. The van der Waals surface area contributed by atoms with Crippen molar-refractivity contribution < 1.29 is 14.7 Å². The van der Waals surface area contributed by atoms with Gasteiger partial charge in [0, 0.05) is 18.5 Å². The molecule has 2 amide bonds. The number of hydrogen-bond donors (Lipinski definition) is 2. The van der Waals surface area contributed by atoms with Crippen molar-refractivity contribution in [3.8, 4) is 0 Å². The van der Waals surface area contributed by atoms with Crippen molar-refractivity contribution in [1.82, 2.24) is 10.2 Å². The Morgan fingerprint density at radius 1 is 1.50 bits per heavy atom. The number of aliphatic carboxylic acids is 1. The highest BCUT2D eigenvalue weighted by atomic mass is 32.1. The van der Waals surface area contributed by atoms with Crippen LogP contribution in [0.5, 0.6) is 0 Å². The normalized spacial score (nSPS) is 13.6. The van der Waals surface area contributed by atoms with Crippen LogP contribution in [-0.2, 0) is 4.79 Å². The number of carboxylic acid groups (broad SMARTS) is 1. The Bertz CT molecular complexity index is 434. The monoisotopic (exact) mass is 298 g/mol. The molecule has 6 heteroatoms. The predicted molar refractivity (Wildman–Crippen MR) is 79.9 cm³/mol. The minimum atomic E-state index is -0.895. The third-order valence-electron chi connectivity index (χ3n) is 3.08. The van der Waals surface area contributed by atoms with Crippen LogP contribution in [0.15, 0.2) is 17.5 Å². The smallest absolute Gasteiger partial charge is 0.317 e. The van der Waals surface area contributed by atoms with Gasteiger partial charge in [0.25, 0.3) is 0 Å². The minimum absolute atomic E-state index is 0.00455. The van der Waals surface area contributed by atoms with E-state index in [9.17, 15) is 9.59 Å². The van der Waals surface area contributed by atoms with Crippen molar-refractivity contribution in [3.63, 3.8) is 0 Å². The van der Waals surface area contributed by atoms with Gasteiger partial charge in [0.15, 0.2) is 0 Å². The summed E-state index contributed by atoms with van der Waals surface area (Å²) >= 11 is 1.62. The van der Waals surface area contributed by atoms with Gasteiger partial charge in [-0.2, -0.15) is 0 Å². The molecule has 0 radical (unpaired) electrons. The number of carbonyl (C=O) groups is 2. The molecular weight excluding hydrogens is 276 g/mol. The van der Waals surface area contributed by atoms with Crippen molar-refractivity contribution in [3.05, 3.63) is 22.4 Å². The summed E-state index contributed by atoms with van der Waals surface area (Å²) < 4.78 is 0. The SMILES string of the molecule is CCCC(NC(=O)N(C)CC(C)C(=O)O)c1cccs1. The number of hydrogen-bond acceptors (Lipinski definition) is 3. The zero-order valence-corrected chi connectivity index (χ0v) is 12.9. The fraction of sp³-hybridized carbons (Fsp3) is 0.571. The second-order valence-corrected chi connectivity index (χ2v) is 5.91. The largest absolute Gasteiger partial charge is 0.481 e. The van der Waals surface area contributed by atoms with Gasteiger partial charge in [0.05, 0.1) is 12.0 Å². The Morgan fingerprint density at radius 3 is 2.70 bits per heavy atom. The quantitative estimate of drug-likeness (QED) is 0.813. The van der Waals surface area contributed by atoms with Crippen molar-refractivity contribution in [1.29, 1.82) is 0 Å². The van der Waals surface area contributed by atoms with E-state index < -0.39 is 11.9 Å². The summed E-state index contributed by atoms with van der Waals surface area (Å²) in [5.74, 6) is -1.47. The molecule has 0 bridgehead atoms. The molecule has 1 heterocycles. The van der Waals surface area contributed by atoms with E-state index in [2.05, 4.69) is 12.2 Å². The van der Waals surface area contributed by atoms with Gasteiger partial charge in [-0.05, 0) is 17.9 Å². The van der Waals surface area contributed by atoms with E-state index in [0.29, 0.717) is 0 Å². The van der Waals surface area contributed by atoms with Crippen LogP contribution in [0.4, 0.5) is 4.79 Å². The molecular formula is C14H22N2O3S. The summed E-state index contributed by atoms with van der Waals surface area (Å²) in [5, 5.41) is 13.8. The fourth-order valence-corrected chi connectivity index (χ4v) is 2.71. The van der Waals surface area contributed by atoms with Crippen LogP contribution in [0.3, 0.4) is 0 Å². The van der Waals surface area contributed by atoms with Crippen molar-refractivity contribution in [2.24, 2.45) is 5.92 Å². The first kappa shape index (κ1) is 16.5. The van der Waals surface area contributed by atoms with Crippen LogP contribution in [0.25, 0.3) is 0 Å². The molecule has 0 saturated heterocycles. The van der Waals surface area contributed by atoms with Crippen LogP contribution in [-0.4, -0.2) is 35.6 Å². The lowest BCUT2D eigenvalue weighted by Crippen LogP contribution is -2.42. The third kappa shape index (κ3) is 4.85. The van der Waals surface area contributed by atoms with Gasteiger partial charge in [0.1, 0.15) is 0 Å². The summed E-state index contributed by atoms with van der Waals surface area (Å²) in [5.41, 5.74) is 0. The molecule has 1 aromatic heterocycles. The van der Waals surface area contributed by atoms with E-state index in [-0.39, 0.29) is 18.6 Å². The van der Waals surface area contributed by atoms with E-state index in [4.69, 9.17) is 5.11 Å². The van der Waals surface area contributed by atoms with Gasteiger partial charge >= 0.3 is 12.0 Å². The second-order valence-electron chi connectivity index (χ2n) is 4.93. The highest BCUT2D eigenvalue weighted by Crippen LogP contribution is 2.23. The van der Waals surface area contributed by atoms with Gasteiger partial charge in [0.2, 0.25) is 0 Å². The van der Waals surface area contributed by atoms with E-state index in [0.717, 1.165) is 17.7 Å². The lowest BCUT2D eigenvalue weighted by atomic mass is 10.1. The molecule has 1 aromatic rings. The molecule has 2 N–H and O–H groups in total. The first-order valence-corrected chi connectivity index (χ1v) is 7.61. The fourth-order valence-electron chi connectivity index (χ4n) is 1.89. The zero-order chi connectivity index (χ0) is 15.1. The third-order valence-corrected chi connectivity index (χ3v) is 4.06. The van der Waals surface area contributed by atoms with Crippen LogP contribution in [0.1, 0.15) is 37.6 Å². The van der Waals surface area contributed by atoms with Gasteiger partial charge in [-0.15, -0.1) is 11.3 Å².